The summed E-state index contributed by atoms with van der Waals surface area (Å²) < 4.78 is 6.46. The number of rotatable bonds is 5. The van der Waals surface area contributed by atoms with Gasteiger partial charge < -0.3 is 9.32 Å². The van der Waals surface area contributed by atoms with Gasteiger partial charge in [-0.25, -0.2) is 0 Å². The van der Waals surface area contributed by atoms with Gasteiger partial charge in [-0.1, -0.05) is 152 Å². The second kappa shape index (κ2) is 12.9. The van der Waals surface area contributed by atoms with Crippen molar-refractivity contribution in [2.45, 2.75) is 0 Å². The van der Waals surface area contributed by atoms with E-state index in [0.717, 1.165) is 39.0 Å². The van der Waals surface area contributed by atoms with Crippen LogP contribution in [0.15, 0.2) is 217 Å². The maximum Gasteiger partial charge on any atom is 0.136 e. The molecule has 0 amide bonds. The molecule has 0 radical (unpaired) electrons. The van der Waals surface area contributed by atoms with Crippen molar-refractivity contribution in [2.24, 2.45) is 0 Å². The highest BCUT2D eigenvalue weighted by molar-refractivity contribution is 6.16. The summed E-state index contributed by atoms with van der Waals surface area (Å²) >= 11 is 0. The lowest BCUT2D eigenvalue weighted by molar-refractivity contribution is 0.669. The molecule has 2 heteroatoms. The normalized spacial score (nSPS) is 11.8. The first kappa shape index (κ1) is 32.6. The molecule has 0 N–H and O–H groups in total. The van der Waals surface area contributed by atoms with E-state index in [0.29, 0.717) is 0 Å². The molecule has 0 aliphatic carbocycles. The van der Waals surface area contributed by atoms with Crippen LogP contribution in [0.5, 0.6) is 0 Å². The fourth-order valence-corrected chi connectivity index (χ4v) is 9.23. The smallest absolute Gasteiger partial charge is 0.136 e. The van der Waals surface area contributed by atoms with E-state index >= 15 is 0 Å². The van der Waals surface area contributed by atoms with Crippen molar-refractivity contribution in [1.29, 1.82) is 0 Å². The van der Waals surface area contributed by atoms with Gasteiger partial charge in [0, 0.05) is 27.8 Å². The average Bonchev–Trinajstić information content (AvgIpc) is 3.64. The predicted molar refractivity (Wildman–Crippen MR) is 247 cm³/mol. The third kappa shape index (κ3) is 5.19. The first-order valence-corrected chi connectivity index (χ1v) is 19.9. The molecule has 58 heavy (non-hydrogen) atoms. The molecular weight excluding hydrogens is 703 g/mol. The Morgan fingerprint density at radius 3 is 1.64 bits per heavy atom. The van der Waals surface area contributed by atoms with E-state index < -0.39 is 0 Å². The Labute approximate surface area is 335 Å². The molecule has 0 bridgehead atoms. The summed E-state index contributed by atoms with van der Waals surface area (Å²) in [4.78, 5) is 2.38. The average molecular weight is 738 g/mol. The number of hydrogen-bond donors (Lipinski definition) is 0. The molecule has 2 nitrogen and oxygen atoms in total. The zero-order valence-electron chi connectivity index (χ0n) is 31.6. The maximum atomic E-state index is 6.46. The van der Waals surface area contributed by atoms with E-state index in [9.17, 15) is 0 Å². The number of hydrogen-bond acceptors (Lipinski definition) is 2. The SMILES string of the molecule is c1ccc2cc3c(cc2c1)oc1ccc(N(c2ccc(-c4cccc5ccccc45)cc2)c2ccc4c(-c5cc6ccccc6c6ccccc56)cccc4c2)cc13. The number of fused-ring (bicyclic) bond motifs is 9. The Kier molecular flexibility index (Phi) is 7.26. The van der Waals surface area contributed by atoms with Gasteiger partial charge in [-0.3, -0.25) is 0 Å². The Bertz CT molecular complexity index is 3570. The summed E-state index contributed by atoms with van der Waals surface area (Å²) in [6.07, 6.45) is 0. The number of furan rings is 1. The molecule has 1 aromatic heterocycles. The highest BCUT2D eigenvalue weighted by Gasteiger charge is 2.18. The number of anilines is 3. The second-order valence-corrected chi connectivity index (χ2v) is 15.3. The van der Waals surface area contributed by atoms with Crippen molar-refractivity contribution < 1.29 is 4.42 Å². The lowest BCUT2D eigenvalue weighted by atomic mass is 9.90. The van der Waals surface area contributed by atoms with Crippen LogP contribution in [0.4, 0.5) is 17.1 Å². The summed E-state index contributed by atoms with van der Waals surface area (Å²) in [6.45, 7) is 0. The van der Waals surface area contributed by atoms with E-state index in [-0.39, 0.29) is 0 Å². The molecule has 0 atom stereocenters. The molecule has 0 unspecified atom stereocenters. The van der Waals surface area contributed by atoms with Gasteiger partial charge in [0.15, 0.2) is 0 Å². The topological polar surface area (TPSA) is 16.4 Å². The van der Waals surface area contributed by atoms with Crippen LogP contribution in [-0.2, 0) is 0 Å². The standard InChI is InChI=1S/C56H35NO/c1-2-13-39-34-56-53(32-38(39)12-1)54-35-44(28-30-55(54)58-56)57(42-25-23-37(24-26-42)46-21-9-15-36-11-3-5-17-45(36)46)43-27-29-48-40(31-43)16-10-22-50(48)52-33-41-14-4-6-18-47(41)49-19-7-8-20-51(49)52/h1-35H. The molecule has 0 aliphatic rings. The monoisotopic (exact) mass is 737 g/mol. The molecule has 0 spiro atoms. The molecular formula is C56H35NO. The molecule has 0 saturated heterocycles. The van der Waals surface area contributed by atoms with Crippen LogP contribution in [0, 0.1) is 0 Å². The van der Waals surface area contributed by atoms with Crippen molar-refractivity contribution in [3.8, 4) is 22.3 Å². The van der Waals surface area contributed by atoms with Gasteiger partial charge in [0.2, 0.25) is 0 Å². The van der Waals surface area contributed by atoms with Crippen molar-refractivity contribution in [1.82, 2.24) is 0 Å². The zero-order valence-corrected chi connectivity index (χ0v) is 31.6. The van der Waals surface area contributed by atoms with Gasteiger partial charge in [0.05, 0.1) is 0 Å². The van der Waals surface area contributed by atoms with Crippen LogP contribution >= 0.6 is 0 Å². The number of benzene rings is 11. The van der Waals surface area contributed by atoms with E-state index in [1.54, 1.807) is 0 Å². The van der Waals surface area contributed by atoms with E-state index in [4.69, 9.17) is 4.42 Å². The highest BCUT2D eigenvalue weighted by atomic mass is 16.3. The molecule has 0 saturated carbocycles. The first-order chi connectivity index (χ1) is 28.7. The Morgan fingerprint density at radius 2 is 0.810 bits per heavy atom. The van der Waals surface area contributed by atoms with Crippen molar-refractivity contribution in [3.05, 3.63) is 212 Å². The molecule has 12 rings (SSSR count). The summed E-state index contributed by atoms with van der Waals surface area (Å²) in [7, 11) is 0. The van der Waals surface area contributed by atoms with Crippen molar-refractivity contribution in [2.75, 3.05) is 4.90 Å². The van der Waals surface area contributed by atoms with Crippen molar-refractivity contribution in [3.63, 3.8) is 0 Å². The Balaban J connectivity index is 1.04. The van der Waals surface area contributed by atoms with Gasteiger partial charge in [0.1, 0.15) is 11.2 Å². The number of nitrogens with zero attached hydrogens (tertiary/aromatic N) is 1. The van der Waals surface area contributed by atoms with Gasteiger partial charge in [-0.2, -0.15) is 0 Å². The molecule has 0 aliphatic heterocycles. The maximum absolute atomic E-state index is 6.46. The van der Waals surface area contributed by atoms with Crippen molar-refractivity contribution >= 4 is 92.9 Å². The third-order valence-corrected chi connectivity index (χ3v) is 12.0. The lowest BCUT2D eigenvalue weighted by Gasteiger charge is -2.26. The molecule has 11 aromatic carbocycles. The van der Waals surface area contributed by atoms with Gasteiger partial charge in [-0.05, 0) is 137 Å². The minimum absolute atomic E-state index is 0.881. The highest BCUT2D eigenvalue weighted by Crippen LogP contribution is 2.43. The van der Waals surface area contributed by atoms with Crippen LogP contribution < -0.4 is 4.90 Å². The fourth-order valence-electron chi connectivity index (χ4n) is 9.23. The minimum atomic E-state index is 0.881. The first-order valence-electron chi connectivity index (χ1n) is 19.9. The quantitative estimate of drug-likeness (QED) is 0.164. The van der Waals surface area contributed by atoms with Gasteiger partial charge in [0.25, 0.3) is 0 Å². The summed E-state index contributed by atoms with van der Waals surface area (Å²) in [5, 5.41) is 14.6. The van der Waals surface area contributed by atoms with Crippen LogP contribution in [0.3, 0.4) is 0 Å². The summed E-state index contributed by atoms with van der Waals surface area (Å²) in [6, 6.07) is 77.2. The summed E-state index contributed by atoms with van der Waals surface area (Å²) in [5.41, 5.74) is 9.92. The Morgan fingerprint density at radius 1 is 0.259 bits per heavy atom. The van der Waals surface area contributed by atoms with Gasteiger partial charge >= 0.3 is 0 Å². The van der Waals surface area contributed by atoms with E-state index in [1.165, 1.54) is 76.1 Å². The molecule has 12 aromatic rings. The fraction of sp³-hybridized carbons (Fsp3) is 0. The van der Waals surface area contributed by atoms with Gasteiger partial charge in [-0.15, -0.1) is 0 Å². The zero-order chi connectivity index (χ0) is 38.2. The lowest BCUT2D eigenvalue weighted by Crippen LogP contribution is -2.09. The van der Waals surface area contributed by atoms with Crippen LogP contribution in [0.1, 0.15) is 0 Å². The van der Waals surface area contributed by atoms with Crippen LogP contribution in [0.25, 0.3) is 98.1 Å². The molecule has 1 heterocycles. The summed E-state index contributed by atoms with van der Waals surface area (Å²) in [5.74, 6) is 0. The van der Waals surface area contributed by atoms with Crippen LogP contribution in [-0.4, -0.2) is 0 Å². The molecule has 270 valence electrons. The van der Waals surface area contributed by atoms with E-state index in [2.05, 4.69) is 217 Å². The minimum Gasteiger partial charge on any atom is -0.456 e. The largest absolute Gasteiger partial charge is 0.456 e. The molecule has 0 fully saturated rings. The van der Waals surface area contributed by atoms with Crippen LogP contribution in [0.2, 0.25) is 0 Å². The third-order valence-electron chi connectivity index (χ3n) is 12.0. The second-order valence-electron chi connectivity index (χ2n) is 15.3. The predicted octanol–water partition coefficient (Wildman–Crippen LogP) is 16.2. The van der Waals surface area contributed by atoms with E-state index in [1.807, 2.05) is 0 Å². The Hall–Kier alpha value is -7.68.